The molecule has 0 saturated heterocycles. The Kier molecular flexibility index (Phi) is 5.61. The molecule has 0 saturated carbocycles. The molecule has 1 unspecified atom stereocenters. The average Bonchev–Trinajstić information content (AvgIpc) is 2.27. The molecule has 0 radical (unpaired) electrons. The SMILES string of the molecule is CCC(COCc1ccccc1)CS(N)(=O)=O. The first-order valence-corrected chi connectivity index (χ1v) is 7.35. The second-order valence-electron chi connectivity index (χ2n) is 4.10. The largest absolute Gasteiger partial charge is 0.376 e. The molecule has 0 aliphatic heterocycles. The maximum Gasteiger partial charge on any atom is 0.209 e. The Morgan fingerprint density at radius 2 is 1.94 bits per heavy atom. The molecule has 1 atom stereocenters. The molecule has 0 amide bonds. The van der Waals surface area contributed by atoms with Crippen LogP contribution in [0.5, 0.6) is 0 Å². The van der Waals surface area contributed by atoms with Gasteiger partial charge in [-0.05, 0) is 11.5 Å². The van der Waals surface area contributed by atoms with Gasteiger partial charge in [0.05, 0.1) is 19.0 Å². The Hall–Kier alpha value is -0.910. The summed E-state index contributed by atoms with van der Waals surface area (Å²) in [6, 6.07) is 9.78. The Balaban J connectivity index is 2.34. The van der Waals surface area contributed by atoms with Crippen molar-refractivity contribution in [1.82, 2.24) is 0 Å². The molecule has 0 aliphatic rings. The lowest BCUT2D eigenvalue weighted by Crippen LogP contribution is -2.25. The standard InChI is InChI=1S/C12H19NO3S/c1-2-11(10-17(13,14)15)8-16-9-12-6-4-3-5-7-12/h3-7,11H,2,8-10H2,1H3,(H2,13,14,15). The molecule has 96 valence electrons. The van der Waals surface area contributed by atoms with Gasteiger partial charge in [-0.1, -0.05) is 43.7 Å². The summed E-state index contributed by atoms with van der Waals surface area (Å²) in [7, 11) is -3.41. The van der Waals surface area contributed by atoms with Crippen molar-refractivity contribution in [2.24, 2.45) is 11.1 Å². The van der Waals surface area contributed by atoms with E-state index in [1.165, 1.54) is 0 Å². The van der Waals surface area contributed by atoms with E-state index in [-0.39, 0.29) is 11.7 Å². The van der Waals surface area contributed by atoms with Gasteiger partial charge in [0.25, 0.3) is 0 Å². The van der Waals surface area contributed by atoms with Crippen molar-refractivity contribution in [3.63, 3.8) is 0 Å². The Morgan fingerprint density at radius 1 is 1.29 bits per heavy atom. The number of primary sulfonamides is 1. The van der Waals surface area contributed by atoms with Crippen LogP contribution in [0.3, 0.4) is 0 Å². The topological polar surface area (TPSA) is 69.4 Å². The second-order valence-corrected chi connectivity index (χ2v) is 5.76. The molecule has 4 nitrogen and oxygen atoms in total. The predicted octanol–water partition coefficient (Wildman–Crippen LogP) is 1.52. The zero-order chi connectivity index (χ0) is 12.7. The third-order valence-corrected chi connectivity index (χ3v) is 3.45. The summed E-state index contributed by atoms with van der Waals surface area (Å²) in [4.78, 5) is 0. The quantitative estimate of drug-likeness (QED) is 0.805. The molecule has 17 heavy (non-hydrogen) atoms. The number of hydrogen-bond donors (Lipinski definition) is 1. The van der Waals surface area contributed by atoms with Crippen molar-refractivity contribution in [3.8, 4) is 0 Å². The fraction of sp³-hybridized carbons (Fsp3) is 0.500. The van der Waals surface area contributed by atoms with Crippen LogP contribution >= 0.6 is 0 Å². The van der Waals surface area contributed by atoms with Crippen LogP contribution in [-0.4, -0.2) is 20.8 Å². The van der Waals surface area contributed by atoms with Gasteiger partial charge in [0.15, 0.2) is 0 Å². The van der Waals surface area contributed by atoms with Crippen LogP contribution in [0.25, 0.3) is 0 Å². The van der Waals surface area contributed by atoms with E-state index < -0.39 is 10.0 Å². The van der Waals surface area contributed by atoms with E-state index in [0.717, 1.165) is 12.0 Å². The summed E-state index contributed by atoms with van der Waals surface area (Å²) < 4.78 is 27.4. The average molecular weight is 257 g/mol. The monoisotopic (exact) mass is 257 g/mol. The van der Waals surface area contributed by atoms with E-state index in [9.17, 15) is 8.42 Å². The molecule has 0 aliphatic carbocycles. The minimum Gasteiger partial charge on any atom is -0.376 e. The molecule has 0 fully saturated rings. The first-order chi connectivity index (χ1) is 8.01. The molecule has 1 rings (SSSR count). The van der Waals surface area contributed by atoms with Crippen molar-refractivity contribution in [2.45, 2.75) is 20.0 Å². The highest BCUT2D eigenvalue weighted by Crippen LogP contribution is 2.08. The van der Waals surface area contributed by atoms with Gasteiger partial charge in [-0.15, -0.1) is 0 Å². The van der Waals surface area contributed by atoms with E-state index in [1.54, 1.807) is 0 Å². The van der Waals surface area contributed by atoms with E-state index in [4.69, 9.17) is 9.88 Å². The fourth-order valence-electron chi connectivity index (χ4n) is 1.53. The van der Waals surface area contributed by atoms with E-state index >= 15 is 0 Å². The molecule has 2 N–H and O–H groups in total. The number of benzene rings is 1. The Labute approximate surface area is 103 Å². The highest BCUT2D eigenvalue weighted by molar-refractivity contribution is 7.89. The molecule has 5 heteroatoms. The molecular weight excluding hydrogens is 238 g/mol. The number of rotatable bonds is 7. The third kappa shape index (κ3) is 6.41. The van der Waals surface area contributed by atoms with Gasteiger partial charge >= 0.3 is 0 Å². The second kappa shape index (κ2) is 6.74. The summed E-state index contributed by atoms with van der Waals surface area (Å²) in [5, 5.41) is 5.01. The van der Waals surface area contributed by atoms with Crippen LogP contribution in [-0.2, 0) is 21.4 Å². The minimum atomic E-state index is -3.41. The molecular formula is C12H19NO3S. The molecule has 1 aromatic rings. The van der Waals surface area contributed by atoms with Crippen LogP contribution < -0.4 is 5.14 Å². The number of nitrogens with two attached hydrogens (primary N) is 1. The molecule has 1 aromatic carbocycles. The summed E-state index contributed by atoms with van der Waals surface area (Å²) in [6.45, 7) is 2.85. The summed E-state index contributed by atoms with van der Waals surface area (Å²) in [5.74, 6) is -0.0492. The zero-order valence-corrected chi connectivity index (χ0v) is 10.8. The summed E-state index contributed by atoms with van der Waals surface area (Å²) in [6.07, 6.45) is 0.741. The van der Waals surface area contributed by atoms with Gasteiger partial charge in [0, 0.05) is 0 Å². The van der Waals surface area contributed by atoms with E-state index in [1.807, 2.05) is 37.3 Å². The van der Waals surface area contributed by atoms with Gasteiger partial charge in [-0.2, -0.15) is 0 Å². The molecule has 0 bridgehead atoms. The third-order valence-electron chi connectivity index (χ3n) is 2.51. The van der Waals surface area contributed by atoms with Gasteiger partial charge < -0.3 is 4.74 Å². The van der Waals surface area contributed by atoms with Crippen LogP contribution in [0, 0.1) is 5.92 Å². The van der Waals surface area contributed by atoms with Crippen molar-refractivity contribution in [3.05, 3.63) is 35.9 Å². The highest BCUT2D eigenvalue weighted by atomic mass is 32.2. The molecule has 0 heterocycles. The summed E-state index contributed by atoms with van der Waals surface area (Å²) >= 11 is 0. The lowest BCUT2D eigenvalue weighted by Gasteiger charge is -2.13. The van der Waals surface area contributed by atoms with Gasteiger partial charge in [-0.25, -0.2) is 13.6 Å². The van der Waals surface area contributed by atoms with Crippen molar-refractivity contribution >= 4 is 10.0 Å². The lowest BCUT2D eigenvalue weighted by molar-refractivity contribution is 0.0918. The van der Waals surface area contributed by atoms with E-state index in [0.29, 0.717) is 13.2 Å². The minimum absolute atomic E-state index is 0.0156. The zero-order valence-electron chi connectivity index (χ0n) is 10.0. The normalized spacial score (nSPS) is 13.5. The Morgan fingerprint density at radius 3 is 2.47 bits per heavy atom. The van der Waals surface area contributed by atoms with Crippen LogP contribution in [0.15, 0.2) is 30.3 Å². The van der Waals surface area contributed by atoms with Gasteiger partial charge in [0.1, 0.15) is 0 Å². The Bertz CT molecular complexity index is 417. The number of hydrogen-bond acceptors (Lipinski definition) is 3. The number of ether oxygens (including phenoxy) is 1. The fourth-order valence-corrected chi connectivity index (χ4v) is 2.52. The van der Waals surface area contributed by atoms with Crippen LogP contribution in [0.4, 0.5) is 0 Å². The van der Waals surface area contributed by atoms with E-state index in [2.05, 4.69) is 0 Å². The van der Waals surface area contributed by atoms with Crippen LogP contribution in [0.1, 0.15) is 18.9 Å². The molecule has 0 aromatic heterocycles. The first-order valence-electron chi connectivity index (χ1n) is 5.63. The maximum absolute atomic E-state index is 11.0. The first kappa shape index (κ1) is 14.2. The maximum atomic E-state index is 11.0. The van der Waals surface area contributed by atoms with Crippen molar-refractivity contribution in [1.29, 1.82) is 0 Å². The van der Waals surface area contributed by atoms with Crippen LogP contribution in [0.2, 0.25) is 0 Å². The summed E-state index contributed by atoms with van der Waals surface area (Å²) in [5.41, 5.74) is 1.08. The highest BCUT2D eigenvalue weighted by Gasteiger charge is 2.14. The van der Waals surface area contributed by atoms with Crippen molar-refractivity contribution < 1.29 is 13.2 Å². The lowest BCUT2D eigenvalue weighted by atomic mass is 10.1. The van der Waals surface area contributed by atoms with Crippen molar-refractivity contribution in [2.75, 3.05) is 12.4 Å². The smallest absolute Gasteiger partial charge is 0.209 e. The number of sulfonamides is 1. The van der Waals surface area contributed by atoms with Gasteiger partial charge in [0.2, 0.25) is 10.0 Å². The predicted molar refractivity (Wildman–Crippen MR) is 67.9 cm³/mol. The molecule has 0 spiro atoms. The van der Waals surface area contributed by atoms with Gasteiger partial charge in [-0.3, -0.25) is 0 Å².